The lowest BCUT2D eigenvalue weighted by Crippen LogP contribution is -2.48. The largest absolute Gasteiger partial charge is 0.365 e. The van der Waals surface area contributed by atoms with Gasteiger partial charge in [-0.3, -0.25) is 0 Å². The van der Waals surface area contributed by atoms with Crippen LogP contribution in [0.4, 0.5) is 11.4 Å². The van der Waals surface area contributed by atoms with Crippen LogP contribution < -0.4 is 5.32 Å². The molecule has 2 heterocycles. The fraction of sp³-hybridized carbons (Fsp3) is 0.0217. The quantitative estimate of drug-likeness (QED) is 0.207. The lowest BCUT2D eigenvalue weighted by Gasteiger charge is -2.41. The topological polar surface area (TPSA) is 29.3 Å². The van der Waals surface area contributed by atoms with Gasteiger partial charge in [0.25, 0.3) is 0 Å². The monoisotopic (exact) mass is 625 g/mol. The van der Waals surface area contributed by atoms with Crippen LogP contribution >= 0.6 is 0 Å². The fourth-order valence-electron chi connectivity index (χ4n) is 7.68. The molecule has 1 N–H and O–H groups in total. The lowest BCUT2D eigenvalue weighted by molar-refractivity contribution is 0.885. The summed E-state index contributed by atoms with van der Waals surface area (Å²) in [6.07, 6.45) is 13.2. The molecule has 6 aromatic carbocycles. The molecule has 10 rings (SSSR count). The fourth-order valence-corrected chi connectivity index (χ4v) is 7.68. The molecule has 3 nitrogen and oxygen atoms in total. The summed E-state index contributed by atoms with van der Waals surface area (Å²) in [4.78, 5) is 5.07. The van der Waals surface area contributed by atoms with E-state index in [-0.39, 0.29) is 0 Å². The molecule has 0 saturated heterocycles. The van der Waals surface area contributed by atoms with Crippen molar-refractivity contribution in [2.45, 2.75) is 5.54 Å². The maximum absolute atomic E-state index is 5.07. The van der Waals surface area contributed by atoms with Crippen LogP contribution in [0.5, 0.6) is 0 Å². The highest BCUT2D eigenvalue weighted by molar-refractivity contribution is 6.16. The van der Waals surface area contributed by atoms with Gasteiger partial charge in [0.2, 0.25) is 0 Å². The third kappa shape index (κ3) is 4.40. The Morgan fingerprint density at radius 1 is 0.531 bits per heavy atom. The predicted octanol–water partition coefficient (Wildman–Crippen LogP) is 11.5. The van der Waals surface area contributed by atoms with E-state index in [2.05, 4.69) is 186 Å². The van der Waals surface area contributed by atoms with E-state index in [9.17, 15) is 0 Å². The van der Waals surface area contributed by atoms with Crippen molar-refractivity contribution < 1.29 is 0 Å². The van der Waals surface area contributed by atoms with Gasteiger partial charge in [-0.1, -0.05) is 121 Å². The summed E-state index contributed by atoms with van der Waals surface area (Å²) < 4.78 is 2.40. The van der Waals surface area contributed by atoms with Crippen LogP contribution in [-0.2, 0) is 0 Å². The Balaban J connectivity index is 1.09. The molecule has 2 aliphatic carbocycles. The van der Waals surface area contributed by atoms with E-state index < -0.39 is 5.54 Å². The van der Waals surface area contributed by atoms with Crippen molar-refractivity contribution in [2.24, 2.45) is 4.99 Å². The Morgan fingerprint density at radius 3 is 1.82 bits per heavy atom. The first-order valence-corrected chi connectivity index (χ1v) is 16.8. The van der Waals surface area contributed by atoms with Crippen LogP contribution in [0.1, 0.15) is 5.56 Å². The number of allylic oxidation sites excluding steroid dienone is 4. The maximum Gasteiger partial charge on any atom is 0.125 e. The molecule has 3 aliphatic rings. The van der Waals surface area contributed by atoms with Crippen molar-refractivity contribution in [3.63, 3.8) is 0 Å². The molecule has 3 heteroatoms. The van der Waals surface area contributed by atoms with Gasteiger partial charge in [-0.2, -0.15) is 0 Å². The number of nitrogens with one attached hydrogen (secondary N) is 1. The Kier molecular flexibility index (Phi) is 6.09. The second kappa shape index (κ2) is 10.8. The molecule has 1 atom stereocenters. The maximum atomic E-state index is 5.07. The van der Waals surface area contributed by atoms with Gasteiger partial charge in [-0.25, -0.2) is 4.99 Å². The number of benzene rings is 6. The molecule has 0 fully saturated rings. The Labute approximate surface area is 285 Å². The standard InChI is InChI=1S/C46H31N3/c1-3-10-31(11-4-1)34-21-26-43-39(28-34)40-29-35(32-12-5-2-6-13-32)22-27-44(40)49(43)38-24-19-33(20-25-38)36-18-23-37-14-9-17-45-46(37,30-36)48-42-16-8-7-15-41(42)47-45/h1-30,48H. The Bertz CT molecular complexity index is 2500. The van der Waals surface area contributed by atoms with Crippen molar-refractivity contribution in [1.29, 1.82) is 0 Å². The summed E-state index contributed by atoms with van der Waals surface area (Å²) in [5.41, 5.74) is 14.5. The van der Waals surface area contributed by atoms with Crippen LogP contribution in [0.2, 0.25) is 0 Å². The molecule has 0 bridgehead atoms. The zero-order chi connectivity index (χ0) is 32.4. The van der Waals surface area contributed by atoms with E-state index in [4.69, 9.17) is 4.99 Å². The molecule has 49 heavy (non-hydrogen) atoms. The summed E-state index contributed by atoms with van der Waals surface area (Å²) in [5.74, 6) is 0. The highest BCUT2D eigenvalue weighted by Crippen LogP contribution is 2.44. The van der Waals surface area contributed by atoms with Crippen molar-refractivity contribution in [3.05, 3.63) is 193 Å². The van der Waals surface area contributed by atoms with Crippen LogP contribution in [0.3, 0.4) is 0 Å². The number of hydrogen-bond donors (Lipinski definition) is 1. The van der Waals surface area contributed by atoms with E-state index in [1.807, 2.05) is 6.07 Å². The van der Waals surface area contributed by atoms with Crippen molar-refractivity contribution >= 4 is 44.5 Å². The molecule has 0 amide bonds. The molecular formula is C46H31N3. The lowest BCUT2D eigenvalue weighted by atomic mass is 9.75. The molecule has 0 radical (unpaired) electrons. The second-order valence-electron chi connectivity index (χ2n) is 12.9. The van der Waals surface area contributed by atoms with Crippen molar-refractivity contribution in [2.75, 3.05) is 5.32 Å². The normalized spacial score (nSPS) is 17.4. The number of fused-ring (bicyclic) bond motifs is 4. The molecule has 1 unspecified atom stereocenters. The van der Waals surface area contributed by atoms with Gasteiger partial charge in [-0.05, 0) is 99.6 Å². The highest BCUT2D eigenvalue weighted by atomic mass is 15.1. The Hall–Kier alpha value is -6.45. The summed E-state index contributed by atoms with van der Waals surface area (Å²) in [7, 11) is 0. The average molecular weight is 626 g/mol. The summed E-state index contributed by atoms with van der Waals surface area (Å²) in [5, 5.41) is 6.33. The van der Waals surface area contributed by atoms with Gasteiger partial charge in [0.05, 0.1) is 28.1 Å². The summed E-state index contributed by atoms with van der Waals surface area (Å²) in [6, 6.07) is 52.3. The minimum absolute atomic E-state index is 0.494. The van der Waals surface area contributed by atoms with Gasteiger partial charge < -0.3 is 9.88 Å². The first-order valence-electron chi connectivity index (χ1n) is 16.8. The number of nitrogens with zero attached hydrogens (tertiary/aromatic N) is 2. The number of hydrogen-bond acceptors (Lipinski definition) is 2. The van der Waals surface area contributed by atoms with E-state index in [0.29, 0.717) is 0 Å². The number of aromatic nitrogens is 1. The average Bonchev–Trinajstić information content (AvgIpc) is 3.50. The molecule has 1 aliphatic heterocycles. The van der Waals surface area contributed by atoms with E-state index >= 15 is 0 Å². The van der Waals surface area contributed by atoms with Gasteiger partial charge >= 0.3 is 0 Å². The van der Waals surface area contributed by atoms with Crippen LogP contribution in [0.15, 0.2) is 193 Å². The predicted molar refractivity (Wildman–Crippen MR) is 206 cm³/mol. The molecule has 7 aromatic rings. The smallest absolute Gasteiger partial charge is 0.125 e. The molecule has 230 valence electrons. The molecule has 1 spiro atoms. The Morgan fingerprint density at radius 2 is 1.14 bits per heavy atom. The number of aliphatic imine (C=N–C) groups is 1. The number of anilines is 1. The van der Waals surface area contributed by atoms with Gasteiger partial charge in [0.15, 0.2) is 0 Å². The molecular weight excluding hydrogens is 595 g/mol. The zero-order valence-electron chi connectivity index (χ0n) is 26.7. The third-order valence-electron chi connectivity index (χ3n) is 10.1. The second-order valence-corrected chi connectivity index (χ2v) is 12.9. The van der Waals surface area contributed by atoms with E-state index in [1.165, 1.54) is 60.8 Å². The SMILES string of the molecule is C1=CC2=Nc3ccccc3NC23C=C(c2ccc(-n4c5ccc(-c6ccccc6)cc5c5cc(-c6ccccc6)ccc54)cc2)C=CC3=C1. The van der Waals surface area contributed by atoms with Gasteiger partial charge in [-0.15, -0.1) is 0 Å². The summed E-state index contributed by atoms with van der Waals surface area (Å²) in [6.45, 7) is 0. The third-order valence-corrected chi connectivity index (χ3v) is 10.1. The molecule has 1 aromatic heterocycles. The highest BCUT2D eigenvalue weighted by Gasteiger charge is 2.41. The van der Waals surface area contributed by atoms with Crippen molar-refractivity contribution in [1.82, 2.24) is 4.57 Å². The summed E-state index contributed by atoms with van der Waals surface area (Å²) >= 11 is 0. The molecule has 0 saturated carbocycles. The van der Waals surface area contributed by atoms with Gasteiger partial charge in [0, 0.05) is 16.5 Å². The van der Waals surface area contributed by atoms with E-state index in [0.717, 1.165) is 22.8 Å². The van der Waals surface area contributed by atoms with Crippen LogP contribution in [0, 0.1) is 0 Å². The minimum Gasteiger partial charge on any atom is -0.365 e. The van der Waals surface area contributed by atoms with Crippen LogP contribution in [-0.4, -0.2) is 15.8 Å². The minimum atomic E-state index is -0.494. The van der Waals surface area contributed by atoms with Gasteiger partial charge in [0.1, 0.15) is 5.54 Å². The van der Waals surface area contributed by atoms with Crippen LogP contribution in [0.25, 0.3) is 55.3 Å². The number of para-hydroxylation sites is 2. The first kappa shape index (κ1) is 27.6. The van der Waals surface area contributed by atoms with E-state index in [1.54, 1.807) is 0 Å². The number of rotatable bonds is 4. The zero-order valence-corrected chi connectivity index (χ0v) is 26.7. The van der Waals surface area contributed by atoms with Crippen molar-refractivity contribution in [3.8, 4) is 27.9 Å². The first-order chi connectivity index (χ1) is 24.2.